The zero-order chi connectivity index (χ0) is 14.1. The molecule has 108 valence electrons. The maximum absolute atomic E-state index is 12.8. The van der Waals surface area contributed by atoms with Gasteiger partial charge in [-0.25, -0.2) is 0 Å². The Morgan fingerprint density at radius 1 is 1.25 bits per heavy atom. The lowest BCUT2D eigenvalue weighted by molar-refractivity contribution is 0.0710. The fourth-order valence-electron chi connectivity index (χ4n) is 3.71. The largest absolute Gasteiger partial charge is 0.334 e. The van der Waals surface area contributed by atoms with E-state index in [4.69, 9.17) is 0 Å². The van der Waals surface area contributed by atoms with Crippen LogP contribution in [-0.2, 0) is 0 Å². The molecule has 0 aliphatic carbocycles. The summed E-state index contributed by atoms with van der Waals surface area (Å²) in [6.07, 6.45) is 4.74. The number of aryl methyl sites for hydroxylation is 2. The quantitative estimate of drug-likeness (QED) is 0.897. The molecular formula is C17H24N2O. The Morgan fingerprint density at radius 2 is 2.10 bits per heavy atom. The molecule has 1 amide bonds. The van der Waals surface area contributed by atoms with Gasteiger partial charge in [-0.1, -0.05) is 17.7 Å². The van der Waals surface area contributed by atoms with Crippen molar-refractivity contribution in [3.8, 4) is 0 Å². The maximum atomic E-state index is 12.8. The molecule has 2 unspecified atom stereocenters. The predicted octanol–water partition coefficient (Wildman–Crippen LogP) is 2.66. The van der Waals surface area contributed by atoms with Crippen molar-refractivity contribution in [2.24, 2.45) is 0 Å². The normalized spacial score (nSPS) is 26.2. The van der Waals surface area contributed by atoms with E-state index in [0.29, 0.717) is 12.1 Å². The minimum Gasteiger partial charge on any atom is -0.334 e. The average Bonchev–Trinajstić information content (AvgIpc) is 3.09. The van der Waals surface area contributed by atoms with E-state index < -0.39 is 0 Å². The Labute approximate surface area is 121 Å². The van der Waals surface area contributed by atoms with E-state index in [9.17, 15) is 4.79 Å². The minimum atomic E-state index is 0.221. The summed E-state index contributed by atoms with van der Waals surface area (Å²) in [4.78, 5) is 15.0. The van der Waals surface area contributed by atoms with Gasteiger partial charge in [-0.15, -0.1) is 0 Å². The highest BCUT2D eigenvalue weighted by atomic mass is 16.2. The smallest absolute Gasteiger partial charge is 0.254 e. The molecule has 2 saturated heterocycles. The molecule has 1 N–H and O–H groups in total. The zero-order valence-electron chi connectivity index (χ0n) is 12.5. The summed E-state index contributed by atoms with van der Waals surface area (Å²) in [5.74, 6) is 0.221. The van der Waals surface area contributed by atoms with Gasteiger partial charge >= 0.3 is 0 Å². The van der Waals surface area contributed by atoms with E-state index in [2.05, 4.69) is 23.2 Å². The van der Waals surface area contributed by atoms with Crippen LogP contribution in [-0.4, -0.2) is 36.0 Å². The van der Waals surface area contributed by atoms with Crippen molar-refractivity contribution in [3.05, 3.63) is 34.9 Å². The number of carbonyl (C=O) groups excluding carboxylic acids is 1. The van der Waals surface area contributed by atoms with Gasteiger partial charge < -0.3 is 10.2 Å². The van der Waals surface area contributed by atoms with Crippen molar-refractivity contribution < 1.29 is 4.79 Å². The Balaban J connectivity index is 1.81. The Bertz CT molecular complexity index is 506. The van der Waals surface area contributed by atoms with E-state index >= 15 is 0 Å². The summed E-state index contributed by atoms with van der Waals surface area (Å²) < 4.78 is 0. The molecule has 2 atom stereocenters. The second-order valence-electron chi connectivity index (χ2n) is 6.23. The molecule has 1 aromatic rings. The van der Waals surface area contributed by atoms with Gasteiger partial charge in [-0.05, 0) is 57.7 Å². The third kappa shape index (κ3) is 2.47. The van der Waals surface area contributed by atoms with Crippen molar-refractivity contribution in [3.63, 3.8) is 0 Å². The highest BCUT2D eigenvalue weighted by Crippen LogP contribution is 2.27. The van der Waals surface area contributed by atoms with Crippen molar-refractivity contribution >= 4 is 5.91 Å². The van der Waals surface area contributed by atoms with Gasteiger partial charge in [0.2, 0.25) is 0 Å². The number of nitrogens with zero attached hydrogens (tertiary/aromatic N) is 1. The molecule has 0 bridgehead atoms. The standard InChI is InChI=1S/C17H24N2O/c1-12-7-8-14(13(2)11-12)17(20)19-10-4-6-16(19)15-5-3-9-18-15/h7-8,11,15-16,18H,3-6,9-10H2,1-2H3. The van der Waals surface area contributed by atoms with Crippen LogP contribution in [0.4, 0.5) is 0 Å². The lowest BCUT2D eigenvalue weighted by Crippen LogP contribution is -2.46. The van der Waals surface area contributed by atoms with E-state index in [-0.39, 0.29) is 5.91 Å². The summed E-state index contributed by atoms with van der Waals surface area (Å²) >= 11 is 0. The van der Waals surface area contributed by atoms with Crippen LogP contribution < -0.4 is 5.32 Å². The van der Waals surface area contributed by atoms with Crippen LogP contribution >= 0.6 is 0 Å². The molecule has 0 aromatic heterocycles. The van der Waals surface area contributed by atoms with Gasteiger partial charge in [0.15, 0.2) is 0 Å². The molecule has 2 heterocycles. The highest BCUT2D eigenvalue weighted by molar-refractivity contribution is 5.96. The van der Waals surface area contributed by atoms with Crippen LogP contribution in [0.15, 0.2) is 18.2 Å². The first-order chi connectivity index (χ1) is 9.66. The summed E-state index contributed by atoms with van der Waals surface area (Å²) in [5, 5.41) is 3.56. The molecule has 2 aliphatic heterocycles. The fourth-order valence-corrected chi connectivity index (χ4v) is 3.71. The maximum Gasteiger partial charge on any atom is 0.254 e. The highest BCUT2D eigenvalue weighted by Gasteiger charge is 2.36. The summed E-state index contributed by atoms with van der Waals surface area (Å²) in [5.41, 5.74) is 3.19. The summed E-state index contributed by atoms with van der Waals surface area (Å²) in [7, 11) is 0. The number of hydrogen-bond acceptors (Lipinski definition) is 2. The number of rotatable bonds is 2. The topological polar surface area (TPSA) is 32.3 Å². The van der Waals surface area contributed by atoms with Crippen LogP contribution in [0.3, 0.4) is 0 Å². The third-order valence-electron chi connectivity index (χ3n) is 4.74. The summed E-state index contributed by atoms with van der Waals surface area (Å²) in [6.45, 7) is 6.13. The molecule has 2 aliphatic rings. The average molecular weight is 272 g/mol. The minimum absolute atomic E-state index is 0.221. The van der Waals surface area contributed by atoms with Gasteiger partial charge in [-0.2, -0.15) is 0 Å². The number of benzene rings is 1. The van der Waals surface area contributed by atoms with Gasteiger partial charge in [-0.3, -0.25) is 4.79 Å². The van der Waals surface area contributed by atoms with Gasteiger partial charge in [0.25, 0.3) is 5.91 Å². The van der Waals surface area contributed by atoms with E-state index in [1.165, 1.54) is 18.4 Å². The first kappa shape index (κ1) is 13.6. The monoisotopic (exact) mass is 272 g/mol. The van der Waals surface area contributed by atoms with Crippen molar-refractivity contribution in [1.82, 2.24) is 10.2 Å². The van der Waals surface area contributed by atoms with Gasteiger partial charge in [0.05, 0.1) is 0 Å². The third-order valence-corrected chi connectivity index (χ3v) is 4.74. The molecule has 1 aromatic carbocycles. The second kappa shape index (κ2) is 5.57. The first-order valence-corrected chi connectivity index (χ1v) is 7.78. The SMILES string of the molecule is Cc1ccc(C(=O)N2CCCC2C2CCCN2)c(C)c1. The van der Waals surface area contributed by atoms with Crippen molar-refractivity contribution in [2.75, 3.05) is 13.1 Å². The number of hydrogen-bond donors (Lipinski definition) is 1. The van der Waals surface area contributed by atoms with Gasteiger partial charge in [0, 0.05) is 24.2 Å². The molecule has 0 radical (unpaired) electrons. The molecule has 2 fully saturated rings. The molecule has 3 nitrogen and oxygen atoms in total. The number of likely N-dealkylation sites (tertiary alicyclic amines) is 1. The number of nitrogens with one attached hydrogen (secondary N) is 1. The number of carbonyl (C=O) groups is 1. The van der Waals surface area contributed by atoms with Gasteiger partial charge in [0.1, 0.15) is 0 Å². The molecule has 3 heteroatoms. The van der Waals surface area contributed by atoms with Crippen LogP contribution in [0, 0.1) is 13.8 Å². The molecular weight excluding hydrogens is 248 g/mol. The van der Waals surface area contributed by atoms with E-state index in [1.807, 2.05) is 19.1 Å². The van der Waals surface area contributed by atoms with Crippen LogP contribution in [0.5, 0.6) is 0 Å². The lowest BCUT2D eigenvalue weighted by atomic mass is 10.0. The molecule has 0 spiro atoms. The predicted molar refractivity (Wildman–Crippen MR) is 81.0 cm³/mol. The lowest BCUT2D eigenvalue weighted by Gasteiger charge is -2.30. The zero-order valence-corrected chi connectivity index (χ0v) is 12.5. The first-order valence-electron chi connectivity index (χ1n) is 7.78. The Hall–Kier alpha value is -1.35. The fraction of sp³-hybridized carbons (Fsp3) is 0.588. The second-order valence-corrected chi connectivity index (χ2v) is 6.23. The van der Waals surface area contributed by atoms with Crippen molar-refractivity contribution in [1.29, 1.82) is 0 Å². The Kier molecular flexibility index (Phi) is 3.79. The molecule has 0 saturated carbocycles. The molecule has 20 heavy (non-hydrogen) atoms. The van der Waals surface area contributed by atoms with E-state index in [0.717, 1.165) is 37.1 Å². The Morgan fingerprint density at radius 3 is 2.80 bits per heavy atom. The van der Waals surface area contributed by atoms with Crippen LogP contribution in [0.1, 0.15) is 47.2 Å². The van der Waals surface area contributed by atoms with E-state index in [1.54, 1.807) is 0 Å². The summed E-state index contributed by atoms with van der Waals surface area (Å²) in [6, 6.07) is 7.04. The number of amides is 1. The van der Waals surface area contributed by atoms with Crippen LogP contribution in [0.25, 0.3) is 0 Å². The van der Waals surface area contributed by atoms with Crippen LogP contribution in [0.2, 0.25) is 0 Å². The molecule has 3 rings (SSSR count). The van der Waals surface area contributed by atoms with Crippen molar-refractivity contribution in [2.45, 2.75) is 51.6 Å².